The van der Waals surface area contributed by atoms with Gasteiger partial charge in [0.05, 0.1) is 9.47 Å². The van der Waals surface area contributed by atoms with E-state index in [4.69, 9.17) is 5.73 Å². The second-order valence-electron chi connectivity index (χ2n) is 3.05. The molecule has 0 aliphatic rings. The standard InChI is InChI=1S/C8H12BrNS/c1-5(2)3-6-4-11-8(9)7(6)10/h4-5H,3,10H2,1-2H3. The van der Waals surface area contributed by atoms with Crippen molar-refractivity contribution in [3.8, 4) is 0 Å². The molecule has 1 aromatic rings. The molecule has 2 N–H and O–H groups in total. The van der Waals surface area contributed by atoms with Gasteiger partial charge in [0.1, 0.15) is 0 Å². The molecule has 1 aromatic heterocycles. The molecule has 0 radical (unpaired) electrons. The van der Waals surface area contributed by atoms with Crippen LogP contribution < -0.4 is 5.73 Å². The summed E-state index contributed by atoms with van der Waals surface area (Å²) in [5.41, 5.74) is 8.01. The SMILES string of the molecule is CC(C)Cc1csc(Br)c1N. The number of anilines is 1. The Labute approximate surface area is 79.7 Å². The van der Waals surface area contributed by atoms with Crippen molar-refractivity contribution in [3.05, 3.63) is 14.7 Å². The number of rotatable bonds is 2. The molecule has 1 rings (SSSR count). The van der Waals surface area contributed by atoms with Crippen LogP contribution in [0.5, 0.6) is 0 Å². The predicted molar refractivity (Wildman–Crippen MR) is 55.0 cm³/mol. The lowest BCUT2D eigenvalue weighted by Gasteiger charge is -2.02. The minimum absolute atomic E-state index is 0.679. The van der Waals surface area contributed by atoms with Crippen molar-refractivity contribution in [1.29, 1.82) is 0 Å². The molecular formula is C8H12BrNS. The van der Waals surface area contributed by atoms with Crippen LogP contribution >= 0.6 is 27.3 Å². The van der Waals surface area contributed by atoms with Gasteiger partial charge in [-0.2, -0.15) is 0 Å². The molecule has 0 bridgehead atoms. The third kappa shape index (κ3) is 2.20. The quantitative estimate of drug-likeness (QED) is 0.834. The lowest BCUT2D eigenvalue weighted by molar-refractivity contribution is 0.649. The van der Waals surface area contributed by atoms with E-state index in [0.29, 0.717) is 5.92 Å². The summed E-state index contributed by atoms with van der Waals surface area (Å²) in [6.45, 7) is 4.40. The number of hydrogen-bond donors (Lipinski definition) is 1. The van der Waals surface area contributed by atoms with Crippen LogP contribution in [-0.4, -0.2) is 0 Å². The van der Waals surface area contributed by atoms with E-state index in [-0.39, 0.29) is 0 Å². The van der Waals surface area contributed by atoms with Crippen molar-refractivity contribution in [1.82, 2.24) is 0 Å². The Bertz CT molecular complexity index is 242. The first kappa shape index (κ1) is 9.07. The number of nitrogen functional groups attached to an aromatic ring is 1. The summed E-state index contributed by atoms with van der Waals surface area (Å²) in [6.07, 6.45) is 1.08. The third-order valence-corrected chi connectivity index (χ3v) is 3.31. The maximum absolute atomic E-state index is 5.81. The number of nitrogens with two attached hydrogens (primary N) is 1. The highest BCUT2D eigenvalue weighted by Crippen LogP contribution is 2.31. The van der Waals surface area contributed by atoms with Gasteiger partial charge >= 0.3 is 0 Å². The molecule has 0 aromatic carbocycles. The third-order valence-electron chi connectivity index (χ3n) is 1.49. The molecule has 0 fully saturated rings. The number of hydrogen-bond acceptors (Lipinski definition) is 2. The summed E-state index contributed by atoms with van der Waals surface area (Å²) >= 11 is 5.06. The molecule has 1 heterocycles. The molecule has 0 amide bonds. The molecule has 3 heteroatoms. The zero-order valence-electron chi connectivity index (χ0n) is 6.73. The largest absolute Gasteiger partial charge is 0.397 e. The molecule has 0 aliphatic heterocycles. The highest BCUT2D eigenvalue weighted by Gasteiger charge is 2.06. The Balaban J connectivity index is 2.79. The van der Waals surface area contributed by atoms with Crippen LogP contribution in [0.4, 0.5) is 5.69 Å². The van der Waals surface area contributed by atoms with E-state index < -0.39 is 0 Å². The van der Waals surface area contributed by atoms with Gasteiger partial charge in [0.2, 0.25) is 0 Å². The van der Waals surface area contributed by atoms with E-state index in [2.05, 4.69) is 35.2 Å². The van der Waals surface area contributed by atoms with Crippen molar-refractivity contribution >= 4 is 33.0 Å². The second kappa shape index (κ2) is 3.59. The van der Waals surface area contributed by atoms with Gasteiger partial charge in [-0.05, 0) is 39.2 Å². The van der Waals surface area contributed by atoms with Crippen LogP contribution in [0.25, 0.3) is 0 Å². The van der Waals surface area contributed by atoms with Gasteiger partial charge in [-0.15, -0.1) is 11.3 Å². The highest BCUT2D eigenvalue weighted by atomic mass is 79.9. The Morgan fingerprint density at radius 2 is 2.27 bits per heavy atom. The van der Waals surface area contributed by atoms with E-state index in [9.17, 15) is 0 Å². The molecule has 0 aliphatic carbocycles. The Morgan fingerprint density at radius 3 is 2.64 bits per heavy atom. The lowest BCUT2D eigenvalue weighted by Crippen LogP contribution is -1.96. The zero-order valence-corrected chi connectivity index (χ0v) is 9.13. The van der Waals surface area contributed by atoms with Crippen LogP contribution in [0, 0.1) is 5.92 Å². The van der Waals surface area contributed by atoms with E-state index in [1.807, 2.05) is 0 Å². The Morgan fingerprint density at radius 1 is 1.64 bits per heavy atom. The van der Waals surface area contributed by atoms with E-state index in [1.165, 1.54) is 5.56 Å². The summed E-state index contributed by atoms with van der Waals surface area (Å²) in [4.78, 5) is 0. The van der Waals surface area contributed by atoms with Gasteiger partial charge in [-0.25, -0.2) is 0 Å². The van der Waals surface area contributed by atoms with Gasteiger partial charge in [0.25, 0.3) is 0 Å². The minimum atomic E-state index is 0.679. The maximum atomic E-state index is 5.81. The smallest absolute Gasteiger partial charge is 0.0930 e. The zero-order chi connectivity index (χ0) is 8.43. The molecule has 0 saturated heterocycles. The van der Waals surface area contributed by atoms with Crippen molar-refractivity contribution < 1.29 is 0 Å². The van der Waals surface area contributed by atoms with Crippen molar-refractivity contribution in [2.45, 2.75) is 20.3 Å². The molecule has 1 nitrogen and oxygen atoms in total. The Kier molecular flexibility index (Phi) is 2.96. The summed E-state index contributed by atoms with van der Waals surface area (Å²) < 4.78 is 1.06. The normalized spacial score (nSPS) is 10.9. The van der Waals surface area contributed by atoms with Crippen LogP contribution in [0.15, 0.2) is 9.17 Å². The average molecular weight is 234 g/mol. The van der Waals surface area contributed by atoms with Crippen molar-refractivity contribution in [2.24, 2.45) is 5.92 Å². The molecule has 0 saturated carbocycles. The lowest BCUT2D eigenvalue weighted by atomic mass is 10.1. The molecule has 62 valence electrons. The summed E-state index contributed by atoms with van der Waals surface area (Å²) in [6, 6.07) is 0. The fourth-order valence-corrected chi connectivity index (χ4v) is 2.24. The van der Waals surface area contributed by atoms with E-state index in [0.717, 1.165) is 15.9 Å². The fraction of sp³-hybridized carbons (Fsp3) is 0.500. The van der Waals surface area contributed by atoms with Crippen molar-refractivity contribution in [2.75, 3.05) is 5.73 Å². The van der Waals surface area contributed by atoms with Crippen molar-refractivity contribution in [3.63, 3.8) is 0 Å². The summed E-state index contributed by atoms with van der Waals surface area (Å²) in [7, 11) is 0. The molecule has 0 spiro atoms. The second-order valence-corrected chi connectivity index (χ2v) is 5.24. The predicted octanol–water partition coefficient (Wildman–Crippen LogP) is 3.29. The molecule has 0 unspecified atom stereocenters. The monoisotopic (exact) mass is 233 g/mol. The van der Waals surface area contributed by atoms with Gasteiger partial charge in [-0.3, -0.25) is 0 Å². The van der Waals surface area contributed by atoms with Crippen LogP contribution in [0.2, 0.25) is 0 Å². The first-order valence-electron chi connectivity index (χ1n) is 3.62. The van der Waals surface area contributed by atoms with Crippen LogP contribution in [0.1, 0.15) is 19.4 Å². The average Bonchev–Trinajstić information content (AvgIpc) is 2.18. The summed E-state index contributed by atoms with van der Waals surface area (Å²) in [5.74, 6) is 0.679. The van der Waals surface area contributed by atoms with Crippen LogP contribution in [0.3, 0.4) is 0 Å². The maximum Gasteiger partial charge on any atom is 0.0930 e. The summed E-state index contributed by atoms with van der Waals surface area (Å²) in [5, 5.41) is 2.12. The first-order valence-corrected chi connectivity index (χ1v) is 5.30. The topological polar surface area (TPSA) is 26.0 Å². The van der Waals surface area contributed by atoms with E-state index in [1.54, 1.807) is 11.3 Å². The number of halogens is 1. The highest BCUT2D eigenvalue weighted by molar-refractivity contribution is 9.11. The van der Waals surface area contributed by atoms with Gasteiger partial charge in [0, 0.05) is 0 Å². The van der Waals surface area contributed by atoms with Crippen LogP contribution in [-0.2, 0) is 6.42 Å². The molecular weight excluding hydrogens is 222 g/mol. The van der Waals surface area contributed by atoms with E-state index >= 15 is 0 Å². The van der Waals surface area contributed by atoms with Gasteiger partial charge in [0.15, 0.2) is 0 Å². The Hall–Kier alpha value is -0.0200. The van der Waals surface area contributed by atoms with Gasteiger partial charge in [-0.1, -0.05) is 13.8 Å². The number of thiophene rings is 1. The first-order chi connectivity index (χ1) is 5.11. The molecule has 0 atom stereocenters. The minimum Gasteiger partial charge on any atom is -0.397 e. The molecule has 11 heavy (non-hydrogen) atoms. The fourth-order valence-electron chi connectivity index (χ4n) is 0.974. The van der Waals surface area contributed by atoms with Gasteiger partial charge < -0.3 is 5.73 Å².